The Morgan fingerprint density at radius 1 is 1.57 bits per heavy atom. The highest BCUT2D eigenvalue weighted by molar-refractivity contribution is 6.32. The normalized spacial score (nSPS) is 18.1. The van der Waals surface area contributed by atoms with Crippen LogP contribution in [0.3, 0.4) is 0 Å². The smallest absolute Gasteiger partial charge is 0.387 e. The molecule has 0 aliphatic carbocycles. The number of halogens is 3. The maximum atomic E-state index is 12.1. The number of ether oxygens (including phenoxy) is 1. The molecule has 0 bridgehead atoms. The lowest BCUT2D eigenvalue weighted by Crippen LogP contribution is -2.40. The first-order valence-corrected chi connectivity index (χ1v) is 6.82. The van der Waals surface area contributed by atoms with Crippen LogP contribution in [0.5, 0.6) is 5.75 Å². The molecule has 0 saturated carbocycles. The summed E-state index contributed by atoms with van der Waals surface area (Å²) < 4.78 is 28.5. The fourth-order valence-electron chi connectivity index (χ4n) is 2.26. The van der Waals surface area contributed by atoms with Crippen LogP contribution in [0.15, 0.2) is 18.2 Å². The largest absolute Gasteiger partial charge is 0.433 e. The fourth-order valence-corrected chi connectivity index (χ4v) is 2.48. The van der Waals surface area contributed by atoms with E-state index in [9.17, 15) is 18.7 Å². The summed E-state index contributed by atoms with van der Waals surface area (Å²) in [6.45, 7) is -2.48. The van der Waals surface area contributed by atoms with E-state index in [0.29, 0.717) is 12.2 Å². The molecule has 0 aromatic heterocycles. The Bertz CT molecular complexity index is 516. The average Bonchev–Trinajstić information content (AvgIpc) is 2.90. The van der Waals surface area contributed by atoms with Crippen molar-refractivity contribution in [3.63, 3.8) is 0 Å². The second-order valence-corrected chi connectivity index (χ2v) is 5.03. The van der Waals surface area contributed by atoms with Crippen LogP contribution >= 0.6 is 11.6 Å². The van der Waals surface area contributed by atoms with Crippen LogP contribution in [0, 0.1) is 0 Å². The van der Waals surface area contributed by atoms with Gasteiger partial charge in [0.15, 0.2) is 0 Å². The van der Waals surface area contributed by atoms with Crippen molar-refractivity contribution in [3.05, 3.63) is 23.2 Å². The van der Waals surface area contributed by atoms with Crippen LogP contribution in [-0.2, 0) is 0 Å². The number of aliphatic hydroxyl groups excluding tert-OH is 1. The van der Waals surface area contributed by atoms with E-state index in [4.69, 9.17) is 11.6 Å². The van der Waals surface area contributed by atoms with Gasteiger partial charge >= 0.3 is 12.6 Å². The number of hydrogen-bond acceptors (Lipinski definition) is 3. The number of rotatable bonds is 4. The number of nitrogens with zero attached hydrogens (tertiary/aromatic N) is 1. The number of carbonyl (C=O) groups excluding carboxylic acids is 1. The van der Waals surface area contributed by atoms with Gasteiger partial charge in [0.2, 0.25) is 0 Å². The number of aliphatic hydroxyl groups is 1. The molecular weight excluding hydrogens is 306 g/mol. The van der Waals surface area contributed by atoms with Gasteiger partial charge < -0.3 is 20.1 Å². The molecule has 1 fully saturated rings. The number of likely N-dealkylation sites (tertiary alicyclic amines) is 1. The molecule has 1 aliphatic heterocycles. The minimum Gasteiger partial charge on any atom is -0.433 e. The van der Waals surface area contributed by atoms with Crippen molar-refractivity contribution in [1.29, 1.82) is 0 Å². The lowest BCUT2D eigenvalue weighted by Gasteiger charge is -2.23. The zero-order valence-corrected chi connectivity index (χ0v) is 11.8. The third kappa shape index (κ3) is 3.95. The Morgan fingerprint density at radius 2 is 2.33 bits per heavy atom. The molecule has 1 saturated heterocycles. The quantitative estimate of drug-likeness (QED) is 0.896. The number of urea groups is 1. The van der Waals surface area contributed by atoms with E-state index in [1.165, 1.54) is 23.1 Å². The summed E-state index contributed by atoms with van der Waals surface area (Å²) in [5.41, 5.74) is 0.371. The van der Waals surface area contributed by atoms with E-state index in [1.807, 2.05) is 0 Å². The molecular formula is C13H15ClF2N2O3. The summed E-state index contributed by atoms with van der Waals surface area (Å²) in [7, 11) is 0. The van der Waals surface area contributed by atoms with Gasteiger partial charge in [-0.15, -0.1) is 0 Å². The van der Waals surface area contributed by atoms with Gasteiger partial charge in [0.05, 0.1) is 17.7 Å². The fraction of sp³-hybridized carbons (Fsp3) is 0.462. The third-order valence-electron chi connectivity index (χ3n) is 3.25. The van der Waals surface area contributed by atoms with Crippen molar-refractivity contribution in [3.8, 4) is 5.75 Å². The van der Waals surface area contributed by atoms with Crippen LogP contribution < -0.4 is 10.1 Å². The zero-order chi connectivity index (χ0) is 15.4. The van der Waals surface area contributed by atoms with E-state index < -0.39 is 6.61 Å². The zero-order valence-electron chi connectivity index (χ0n) is 11.1. The molecule has 1 atom stereocenters. The molecule has 0 spiro atoms. The predicted octanol–water partition coefficient (Wildman–Crippen LogP) is 2.93. The highest BCUT2D eigenvalue weighted by atomic mass is 35.5. The van der Waals surface area contributed by atoms with E-state index in [-0.39, 0.29) is 29.5 Å². The maximum absolute atomic E-state index is 12.1. The average molecular weight is 321 g/mol. The molecule has 116 valence electrons. The summed E-state index contributed by atoms with van der Waals surface area (Å²) in [5, 5.41) is 11.8. The van der Waals surface area contributed by atoms with Crippen molar-refractivity contribution >= 4 is 23.3 Å². The van der Waals surface area contributed by atoms with Gasteiger partial charge in [0, 0.05) is 12.2 Å². The second kappa shape index (κ2) is 6.91. The summed E-state index contributed by atoms with van der Waals surface area (Å²) in [6, 6.07) is 3.47. The van der Waals surface area contributed by atoms with E-state index in [2.05, 4.69) is 10.1 Å². The van der Waals surface area contributed by atoms with Crippen molar-refractivity contribution < 1.29 is 23.4 Å². The van der Waals surface area contributed by atoms with Crippen molar-refractivity contribution in [2.75, 3.05) is 18.5 Å². The molecule has 1 aliphatic rings. The molecule has 1 aromatic carbocycles. The number of anilines is 1. The van der Waals surface area contributed by atoms with E-state index >= 15 is 0 Å². The van der Waals surface area contributed by atoms with Crippen LogP contribution in [0.1, 0.15) is 12.8 Å². The first kappa shape index (κ1) is 15.8. The molecule has 0 unspecified atom stereocenters. The molecule has 2 amide bonds. The van der Waals surface area contributed by atoms with Crippen LogP contribution in [-0.4, -0.2) is 41.8 Å². The number of nitrogens with one attached hydrogen (secondary N) is 1. The molecule has 2 N–H and O–H groups in total. The van der Waals surface area contributed by atoms with Crippen molar-refractivity contribution in [2.45, 2.75) is 25.5 Å². The third-order valence-corrected chi connectivity index (χ3v) is 3.54. The van der Waals surface area contributed by atoms with Gasteiger partial charge in [0.25, 0.3) is 0 Å². The van der Waals surface area contributed by atoms with Gasteiger partial charge in [-0.3, -0.25) is 0 Å². The summed E-state index contributed by atoms with van der Waals surface area (Å²) >= 11 is 5.81. The molecule has 1 aromatic rings. The Kier molecular flexibility index (Phi) is 5.19. The SMILES string of the molecule is O=C(Nc1ccc(OC(F)F)c(Cl)c1)N1CCC[C@H]1CO. The Balaban J connectivity index is 2.02. The summed E-state index contributed by atoms with van der Waals surface area (Å²) in [4.78, 5) is 13.6. The molecule has 2 rings (SSSR count). The van der Waals surface area contributed by atoms with Crippen LogP contribution in [0.25, 0.3) is 0 Å². The minimum atomic E-state index is -2.96. The maximum Gasteiger partial charge on any atom is 0.387 e. The minimum absolute atomic E-state index is 0.0202. The molecule has 0 radical (unpaired) electrons. The first-order chi connectivity index (χ1) is 10.0. The van der Waals surface area contributed by atoms with Gasteiger partial charge in [0.1, 0.15) is 5.75 Å². The molecule has 5 nitrogen and oxygen atoms in total. The van der Waals surface area contributed by atoms with Gasteiger partial charge in [-0.2, -0.15) is 8.78 Å². The van der Waals surface area contributed by atoms with Crippen molar-refractivity contribution in [2.24, 2.45) is 0 Å². The predicted molar refractivity (Wildman–Crippen MR) is 73.9 cm³/mol. The van der Waals surface area contributed by atoms with Gasteiger partial charge in [-0.25, -0.2) is 4.79 Å². The number of benzene rings is 1. The van der Waals surface area contributed by atoms with E-state index in [1.54, 1.807) is 0 Å². The monoisotopic (exact) mass is 320 g/mol. The second-order valence-electron chi connectivity index (χ2n) is 4.63. The standard InChI is InChI=1S/C13H15ClF2N2O3/c14-10-6-8(3-4-11(10)21-12(15)16)17-13(20)18-5-1-2-9(18)7-19/h3-4,6,9,12,19H,1-2,5,7H2,(H,17,20)/t9-/m0/s1. The molecule has 21 heavy (non-hydrogen) atoms. The molecule has 8 heteroatoms. The summed E-state index contributed by atoms with van der Waals surface area (Å²) in [6.07, 6.45) is 1.59. The van der Waals surface area contributed by atoms with Crippen LogP contribution in [0.2, 0.25) is 5.02 Å². The summed E-state index contributed by atoms with van der Waals surface area (Å²) in [5.74, 6) is -0.154. The number of amides is 2. The highest BCUT2D eigenvalue weighted by Gasteiger charge is 2.28. The van der Waals surface area contributed by atoms with Gasteiger partial charge in [-0.1, -0.05) is 11.6 Å². The van der Waals surface area contributed by atoms with Crippen molar-refractivity contribution in [1.82, 2.24) is 4.90 Å². The lowest BCUT2D eigenvalue weighted by molar-refractivity contribution is -0.0497. The topological polar surface area (TPSA) is 61.8 Å². The number of carbonyl (C=O) groups is 1. The lowest BCUT2D eigenvalue weighted by atomic mass is 10.2. The molecule has 1 heterocycles. The number of hydrogen-bond donors (Lipinski definition) is 2. The van der Waals surface area contributed by atoms with Crippen LogP contribution in [0.4, 0.5) is 19.3 Å². The Labute approximate surface area is 125 Å². The Hall–Kier alpha value is -1.60. The van der Waals surface area contributed by atoms with E-state index in [0.717, 1.165) is 12.8 Å². The van der Waals surface area contributed by atoms with Gasteiger partial charge in [-0.05, 0) is 31.0 Å². The highest BCUT2D eigenvalue weighted by Crippen LogP contribution is 2.29. The Morgan fingerprint density at radius 3 is 2.95 bits per heavy atom. The first-order valence-electron chi connectivity index (χ1n) is 6.44. The number of alkyl halides is 2.